The van der Waals surface area contributed by atoms with Gasteiger partial charge in [0.1, 0.15) is 6.33 Å². The van der Waals surface area contributed by atoms with Crippen LogP contribution in [0.2, 0.25) is 0 Å². The van der Waals surface area contributed by atoms with Crippen molar-refractivity contribution in [2.45, 2.75) is 19.0 Å². The summed E-state index contributed by atoms with van der Waals surface area (Å²) in [6.45, 7) is 7.42. The maximum atomic E-state index is 12.4. The lowest BCUT2D eigenvalue weighted by Gasteiger charge is -2.28. The first-order valence-electron chi connectivity index (χ1n) is 9.93. The van der Waals surface area contributed by atoms with Gasteiger partial charge in [-0.1, -0.05) is 29.5 Å². The SMILES string of the molecule is Cc1ccc(-n2cnnc2SCC(=O)Nc2ccc(N3CCOCC3)cc2)c(C)c1. The standard InChI is InChI=1S/C22H25N5O2S/c1-16-3-8-20(17(2)13-16)27-15-23-25-22(27)30-14-21(28)24-18-4-6-19(7-5-18)26-9-11-29-12-10-26/h3-8,13,15H,9-12,14H2,1-2H3,(H,24,28). The number of hydrogen-bond donors (Lipinski definition) is 1. The monoisotopic (exact) mass is 423 g/mol. The van der Waals surface area contributed by atoms with E-state index in [0.29, 0.717) is 5.16 Å². The van der Waals surface area contributed by atoms with Crippen molar-refractivity contribution in [1.82, 2.24) is 14.8 Å². The number of hydrogen-bond acceptors (Lipinski definition) is 6. The van der Waals surface area contributed by atoms with E-state index in [2.05, 4.69) is 46.4 Å². The molecular weight excluding hydrogens is 398 g/mol. The molecule has 0 unspecified atom stereocenters. The normalized spacial score (nSPS) is 14.0. The molecule has 0 bridgehead atoms. The van der Waals surface area contributed by atoms with Gasteiger partial charge in [0, 0.05) is 24.5 Å². The van der Waals surface area contributed by atoms with E-state index in [1.165, 1.54) is 17.3 Å². The molecule has 0 aliphatic carbocycles. The number of aryl methyl sites for hydroxylation is 2. The molecule has 1 aliphatic heterocycles. The molecule has 3 aromatic rings. The summed E-state index contributed by atoms with van der Waals surface area (Å²) >= 11 is 1.37. The molecule has 2 aromatic carbocycles. The molecule has 156 valence electrons. The van der Waals surface area contributed by atoms with Crippen LogP contribution >= 0.6 is 11.8 Å². The van der Waals surface area contributed by atoms with Crippen LogP contribution in [-0.4, -0.2) is 52.7 Å². The number of rotatable bonds is 6. The molecule has 1 amide bonds. The molecule has 0 atom stereocenters. The Hall–Kier alpha value is -2.84. The summed E-state index contributed by atoms with van der Waals surface area (Å²) in [5.41, 5.74) is 5.30. The number of aromatic nitrogens is 3. The zero-order valence-electron chi connectivity index (χ0n) is 17.2. The highest BCUT2D eigenvalue weighted by molar-refractivity contribution is 7.99. The molecule has 7 nitrogen and oxygen atoms in total. The third kappa shape index (κ3) is 4.83. The Labute approximate surface area is 180 Å². The fraction of sp³-hybridized carbons (Fsp3) is 0.318. The third-order valence-corrected chi connectivity index (χ3v) is 5.93. The minimum Gasteiger partial charge on any atom is -0.378 e. The maximum absolute atomic E-state index is 12.4. The Kier molecular flexibility index (Phi) is 6.35. The second-order valence-corrected chi connectivity index (χ2v) is 8.20. The van der Waals surface area contributed by atoms with E-state index in [1.54, 1.807) is 6.33 Å². The number of carbonyl (C=O) groups is 1. The quantitative estimate of drug-likeness (QED) is 0.613. The highest BCUT2D eigenvalue weighted by atomic mass is 32.2. The third-order valence-electron chi connectivity index (χ3n) is 4.99. The fourth-order valence-electron chi connectivity index (χ4n) is 3.47. The summed E-state index contributed by atoms with van der Waals surface area (Å²) in [5.74, 6) is 0.184. The van der Waals surface area contributed by atoms with E-state index in [1.807, 2.05) is 34.9 Å². The van der Waals surface area contributed by atoms with Gasteiger partial charge in [-0.2, -0.15) is 0 Å². The number of carbonyl (C=O) groups excluding carboxylic acids is 1. The van der Waals surface area contributed by atoms with Crippen molar-refractivity contribution in [1.29, 1.82) is 0 Å². The first kappa shape index (κ1) is 20.4. The van der Waals surface area contributed by atoms with E-state index < -0.39 is 0 Å². The van der Waals surface area contributed by atoms with Gasteiger partial charge in [-0.15, -0.1) is 10.2 Å². The first-order valence-corrected chi connectivity index (χ1v) is 10.9. The molecule has 2 heterocycles. The topological polar surface area (TPSA) is 72.3 Å². The summed E-state index contributed by atoms with van der Waals surface area (Å²) in [6, 6.07) is 14.2. The summed E-state index contributed by atoms with van der Waals surface area (Å²) < 4.78 is 7.31. The van der Waals surface area contributed by atoms with E-state index >= 15 is 0 Å². The zero-order valence-corrected chi connectivity index (χ0v) is 18.0. The molecule has 1 N–H and O–H groups in total. The minimum absolute atomic E-state index is 0.0747. The van der Waals surface area contributed by atoms with E-state index in [-0.39, 0.29) is 11.7 Å². The highest BCUT2D eigenvalue weighted by Crippen LogP contribution is 2.23. The van der Waals surface area contributed by atoms with E-state index in [4.69, 9.17) is 4.74 Å². The molecule has 1 aliphatic rings. The number of ether oxygens (including phenoxy) is 1. The van der Waals surface area contributed by atoms with E-state index in [9.17, 15) is 4.79 Å². The minimum atomic E-state index is -0.0747. The molecule has 1 fully saturated rings. The number of nitrogens with one attached hydrogen (secondary N) is 1. The average Bonchev–Trinajstić information content (AvgIpc) is 3.22. The molecule has 8 heteroatoms. The van der Waals surface area contributed by atoms with Crippen LogP contribution in [-0.2, 0) is 9.53 Å². The van der Waals surface area contributed by atoms with Crippen molar-refractivity contribution >= 4 is 29.0 Å². The number of amides is 1. The Morgan fingerprint density at radius 2 is 1.90 bits per heavy atom. The van der Waals surface area contributed by atoms with Gasteiger partial charge in [-0.25, -0.2) is 0 Å². The molecule has 1 saturated heterocycles. The summed E-state index contributed by atoms with van der Waals surface area (Å²) in [6.07, 6.45) is 1.68. The largest absolute Gasteiger partial charge is 0.378 e. The van der Waals surface area contributed by atoms with Crippen LogP contribution in [0, 0.1) is 13.8 Å². The molecular formula is C22H25N5O2S. The second-order valence-electron chi connectivity index (χ2n) is 7.26. The van der Waals surface area contributed by atoms with Crippen molar-refractivity contribution in [2.75, 3.05) is 42.3 Å². The predicted molar refractivity (Wildman–Crippen MR) is 120 cm³/mol. The lowest BCUT2D eigenvalue weighted by Crippen LogP contribution is -2.36. The van der Waals surface area contributed by atoms with Gasteiger partial charge < -0.3 is 15.0 Å². The predicted octanol–water partition coefficient (Wildman–Crippen LogP) is 3.45. The lowest BCUT2D eigenvalue weighted by molar-refractivity contribution is -0.113. The molecule has 1 aromatic heterocycles. The van der Waals surface area contributed by atoms with Gasteiger partial charge in [0.15, 0.2) is 5.16 Å². The molecule has 4 rings (SSSR count). The maximum Gasteiger partial charge on any atom is 0.234 e. The van der Waals surface area contributed by atoms with Crippen LogP contribution in [0.4, 0.5) is 11.4 Å². The van der Waals surface area contributed by atoms with Crippen molar-refractivity contribution < 1.29 is 9.53 Å². The molecule has 0 spiro atoms. The number of morpholine rings is 1. The summed E-state index contributed by atoms with van der Waals surface area (Å²) in [5, 5.41) is 11.8. The highest BCUT2D eigenvalue weighted by Gasteiger charge is 2.13. The summed E-state index contributed by atoms with van der Waals surface area (Å²) in [4.78, 5) is 14.7. The van der Waals surface area contributed by atoms with Crippen LogP contribution < -0.4 is 10.2 Å². The number of thioether (sulfide) groups is 1. The molecule has 0 radical (unpaired) electrons. The Morgan fingerprint density at radius 1 is 1.13 bits per heavy atom. The van der Waals surface area contributed by atoms with Crippen LogP contribution in [0.3, 0.4) is 0 Å². The lowest BCUT2D eigenvalue weighted by atomic mass is 10.1. The van der Waals surface area contributed by atoms with Gasteiger partial charge in [0.2, 0.25) is 5.91 Å². The second kappa shape index (κ2) is 9.32. The van der Waals surface area contributed by atoms with Gasteiger partial charge in [0.25, 0.3) is 0 Å². The number of benzene rings is 2. The smallest absolute Gasteiger partial charge is 0.234 e. The average molecular weight is 424 g/mol. The van der Waals surface area contributed by atoms with Crippen LogP contribution in [0.1, 0.15) is 11.1 Å². The number of nitrogens with zero attached hydrogens (tertiary/aromatic N) is 4. The van der Waals surface area contributed by atoms with Crippen LogP contribution in [0.5, 0.6) is 0 Å². The van der Waals surface area contributed by atoms with Gasteiger partial charge in [-0.3, -0.25) is 9.36 Å². The Balaban J connectivity index is 1.35. The van der Waals surface area contributed by atoms with Crippen molar-refractivity contribution in [3.8, 4) is 5.69 Å². The van der Waals surface area contributed by atoms with Crippen molar-refractivity contribution in [3.05, 3.63) is 59.9 Å². The van der Waals surface area contributed by atoms with Gasteiger partial charge in [0.05, 0.1) is 24.7 Å². The van der Waals surface area contributed by atoms with Gasteiger partial charge >= 0.3 is 0 Å². The molecule has 30 heavy (non-hydrogen) atoms. The zero-order chi connectivity index (χ0) is 20.9. The van der Waals surface area contributed by atoms with Crippen molar-refractivity contribution in [3.63, 3.8) is 0 Å². The molecule has 0 saturated carbocycles. The van der Waals surface area contributed by atoms with E-state index in [0.717, 1.165) is 48.9 Å². The van der Waals surface area contributed by atoms with Crippen molar-refractivity contribution in [2.24, 2.45) is 0 Å². The van der Waals surface area contributed by atoms with Gasteiger partial charge in [-0.05, 0) is 49.7 Å². The van der Waals surface area contributed by atoms with Crippen LogP contribution in [0.15, 0.2) is 53.9 Å². The fourth-order valence-corrected chi connectivity index (χ4v) is 4.19. The Morgan fingerprint density at radius 3 is 2.63 bits per heavy atom. The van der Waals surface area contributed by atoms with Crippen LogP contribution in [0.25, 0.3) is 5.69 Å². The first-order chi connectivity index (χ1) is 14.6. The summed E-state index contributed by atoms with van der Waals surface area (Å²) in [7, 11) is 0. The number of anilines is 2. The Bertz CT molecular complexity index is 1010.